The molecule has 0 radical (unpaired) electrons. The highest BCUT2D eigenvalue weighted by molar-refractivity contribution is 6.42. The van der Waals surface area contributed by atoms with E-state index in [1.54, 1.807) is 6.07 Å². The Labute approximate surface area is 147 Å². The van der Waals surface area contributed by atoms with Gasteiger partial charge in [-0.25, -0.2) is 4.98 Å². The van der Waals surface area contributed by atoms with Gasteiger partial charge in [-0.2, -0.15) is 13.2 Å². The van der Waals surface area contributed by atoms with Crippen LogP contribution in [0.15, 0.2) is 36.5 Å². The molecule has 1 aliphatic rings. The molecule has 24 heavy (non-hydrogen) atoms. The van der Waals surface area contributed by atoms with Gasteiger partial charge in [-0.05, 0) is 24.3 Å². The molecule has 1 saturated heterocycles. The second-order valence-electron chi connectivity index (χ2n) is 5.53. The number of hydrogen-bond donors (Lipinski definition) is 0. The van der Waals surface area contributed by atoms with Crippen LogP contribution in [0.25, 0.3) is 0 Å². The zero-order valence-corrected chi connectivity index (χ0v) is 14.1. The van der Waals surface area contributed by atoms with Gasteiger partial charge in [0.1, 0.15) is 19.3 Å². The normalized spacial score (nSPS) is 15.7. The fourth-order valence-electron chi connectivity index (χ4n) is 2.68. The maximum Gasteiger partial charge on any atom is 0.419 e. The number of hydrogen-bond acceptors (Lipinski definition) is 2. The Bertz CT molecular complexity index is 711. The first kappa shape index (κ1) is 17.2. The summed E-state index contributed by atoms with van der Waals surface area (Å²) < 4.78 is 37.8. The van der Waals surface area contributed by atoms with E-state index in [2.05, 4.69) is 9.88 Å². The second kappa shape index (κ2) is 6.69. The Morgan fingerprint density at radius 2 is 1.54 bits per heavy atom. The van der Waals surface area contributed by atoms with Crippen molar-refractivity contribution in [3.63, 3.8) is 0 Å². The zero-order valence-electron chi connectivity index (χ0n) is 12.6. The molecular weight excluding hydrogens is 362 g/mol. The van der Waals surface area contributed by atoms with Crippen LogP contribution in [-0.4, -0.2) is 26.2 Å². The summed E-state index contributed by atoms with van der Waals surface area (Å²) in [7, 11) is 0. The minimum Gasteiger partial charge on any atom is -0.364 e. The van der Waals surface area contributed by atoms with Gasteiger partial charge in [0.15, 0.2) is 0 Å². The van der Waals surface area contributed by atoms with Gasteiger partial charge in [-0.15, -0.1) is 0 Å². The first-order valence-corrected chi connectivity index (χ1v) is 8.14. The summed E-state index contributed by atoms with van der Waals surface area (Å²) in [6, 6.07) is 8.06. The van der Waals surface area contributed by atoms with E-state index in [1.807, 2.05) is 17.0 Å². The lowest BCUT2D eigenvalue weighted by Gasteiger charge is -2.32. The SMILES string of the molecule is FC(F)(F)c1ccc(N2CCN(c3ccc(Cl)c(Cl)c3)CC2)[nH+]c1. The van der Waals surface area contributed by atoms with Crippen LogP contribution in [0, 0.1) is 0 Å². The van der Waals surface area contributed by atoms with E-state index in [9.17, 15) is 13.2 Å². The Hall–Kier alpha value is -1.66. The van der Waals surface area contributed by atoms with Gasteiger partial charge < -0.3 is 4.90 Å². The van der Waals surface area contributed by atoms with Crippen molar-refractivity contribution in [1.29, 1.82) is 0 Å². The van der Waals surface area contributed by atoms with Crippen molar-refractivity contribution >= 4 is 34.7 Å². The highest BCUT2D eigenvalue weighted by Gasteiger charge is 2.32. The van der Waals surface area contributed by atoms with Crippen LogP contribution in [0.4, 0.5) is 24.7 Å². The predicted molar refractivity (Wildman–Crippen MR) is 88.9 cm³/mol. The Kier molecular flexibility index (Phi) is 4.78. The van der Waals surface area contributed by atoms with Crippen LogP contribution in [0.2, 0.25) is 10.0 Å². The van der Waals surface area contributed by atoms with E-state index >= 15 is 0 Å². The minimum atomic E-state index is -4.33. The summed E-state index contributed by atoms with van der Waals surface area (Å²) in [4.78, 5) is 6.92. The summed E-state index contributed by atoms with van der Waals surface area (Å²) >= 11 is 12.0. The van der Waals surface area contributed by atoms with E-state index in [4.69, 9.17) is 23.2 Å². The highest BCUT2D eigenvalue weighted by atomic mass is 35.5. The average molecular weight is 377 g/mol. The third-order valence-corrected chi connectivity index (χ3v) is 4.75. The van der Waals surface area contributed by atoms with Crippen molar-refractivity contribution in [2.24, 2.45) is 0 Å². The number of H-pyrrole nitrogens is 1. The number of piperazine rings is 1. The summed E-state index contributed by atoms with van der Waals surface area (Å²) in [6.07, 6.45) is -3.33. The van der Waals surface area contributed by atoms with Crippen LogP contribution in [0.3, 0.4) is 0 Å². The molecule has 0 spiro atoms. The smallest absolute Gasteiger partial charge is 0.364 e. The third kappa shape index (κ3) is 3.70. The molecule has 1 aromatic heterocycles. The van der Waals surface area contributed by atoms with Crippen molar-refractivity contribution in [2.45, 2.75) is 6.18 Å². The largest absolute Gasteiger partial charge is 0.419 e. The number of nitrogens with zero attached hydrogens (tertiary/aromatic N) is 2. The molecule has 8 heteroatoms. The van der Waals surface area contributed by atoms with Gasteiger partial charge in [0.2, 0.25) is 0 Å². The number of halogens is 5. The molecule has 2 aromatic rings. The molecule has 1 N–H and O–H groups in total. The summed E-state index contributed by atoms with van der Waals surface area (Å²) in [5.41, 5.74) is 0.307. The van der Waals surface area contributed by atoms with Gasteiger partial charge >= 0.3 is 6.18 Å². The van der Waals surface area contributed by atoms with Gasteiger partial charge in [0.25, 0.3) is 5.82 Å². The summed E-state index contributed by atoms with van der Waals surface area (Å²) in [5.74, 6) is 0.678. The number of alkyl halides is 3. The first-order valence-electron chi connectivity index (χ1n) is 7.38. The van der Waals surface area contributed by atoms with Crippen LogP contribution < -0.4 is 14.8 Å². The van der Waals surface area contributed by atoms with E-state index in [-0.39, 0.29) is 0 Å². The predicted octanol–water partition coefficient (Wildman–Crippen LogP) is 4.15. The molecular formula is C16H15Cl2F3N3+. The van der Waals surface area contributed by atoms with E-state index in [0.717, 1.165) is 31.0 Å². The minimum absolute atomic E-state index is 0.507. The van der Waals surface area contributed by atoms with E-state index < -0.39 is 11.7 Å². The third-order valence-electron chi connectivity index (χ3n) is 4.01. The fourth-order valence-corrected chi connectivity index (χ4v) is 2.97. The standard InChI is InChI=1S/C16H14Cl2F3N3/c17-13-3-2-12(9-14(13)18)23-5-7-24(8-6-23)15-4-1-11(10-22-15)16(19,20)21/h1-4,9-10H,5-8H2/p+1. The molecule has 0 aliphatic carbocycles. The lowest BCUT2D eigenvalue weighted by molar-refractivity contribution is -0.367. The van der Waals surface area contributed by atoms with Crippen LogP contribution in [0.1, 0.15) is 5.56 Å². The number of anilines is 2. The van der Waals surface area contributed by atoms with Gasteiger partial charge in [0, 0.05) is 11.8 Å². The van der Waals surface area contributed by atoms with Crippen LogP contribution >= 0.6 is 23.2 Å². The molecule has 1 fully saturated rings. The molecule has 2 heterocycles. The van der Waals surface area contributed by atoms with Crippen LogP contribution in [0.5, 0.6) is 0 Å². The van der Waals surface area contributed by atoms with Crippen molar-refractivity contribution < 1.29 is 18.2 Å². The van der Waals surface area contributed by atoms with Crippen molar-refractivity contribution in [3.05, 3.63) is 52.1 Å². The lowest BCUT2D eigenvalue weighted by atomic mass is 10.2. The Balaban J connectivity index is 1.65. The van der Waals surface area contributed by atoms with Gasteiger partial charge in [-0.3, -0.25) is 4.90 Å². The summed E-state index contributed by atoms with van der Waals surface area (Å²) in [6.45, 7) is 2.88. The topological polar surface area (TPSA) is 20.6 Å². The van der Waals surface area contributed by atoms with Crippen molar-refractivity contribution in [3.8, 4) is 0 Å². The molecule has 3 rings (SSSR count). The number of rotatable bonds is 2. The second-order valence-corrected chi connectivity index (χ2v) is 6.35. The molecule has 1 aromatic carbocycles. The highest BCUT2D eigenvalue weighted by Crippen LogP contribution is 2.29. The van der Waals surface area contributed by atoms with Gasteiger partial charge in [-0.1, -0.05) is 23.2 Å². The molecule has 0 saturated carbocycles. The quantitative estimate of drug-likeness (QED) is 0.784. The average Bonchev–Trinajstić information content (AvgIpc) is 2.57. The zero-order chi connectivity index (χ0) is 17.3. The molecule has 0 atom stereocenters. The monoisotopic (exact) mass is 376 g/mol. The summed E-state index contributed by atoms with van der Waals surface area (Å²) in [5, 5.41) is 1.02. The number of aromatic amines is 1. The maximum absolute atomic E-state index is 12.6. The van der Waals surface area contributed by atoms with Crippen LogP contribution in [-0.2, 0) is 6.18 Å². The number of pyridine rings is 1. The molecule has 3 nitrogen and oxygen atoms in total. The van der Waals surface area contributed by atoms with E-state index in [0.29, 0.717) is 29.0 Å². The number of aromatic nitrogens is 1. The fraction of sp³-hybridized carbons (Fsp3) is 0.312. The maximum atomic E-state index is 12.6. The van der Waals surface area contributed by atoms with Gasteiger partial charge in [0.05, 0.1) is 28.7 Å². The van der Waals surface area contributed by atoms with Crippen molar-refractivity contribution in [2.75, 3.05) is 36.0 Å². The first-order chi connectivity index (χ1) is 11.3. The Morgan fingerprint density at radius 1 is 0.875 bits per heavy atom. The molecule has 0 amide bonds. The molecule has 0 bridgehead atoms. The molecule has 0 unspecified atom stereocenters. The number of nitrogens with one attached hydrogen (secondary N) is 1. The van der Waals surface area contributed by atoms with E-state index in [1.165, 1.54) is 6.07 Å². The van der Waals surface area contributed by atoms with Crippen molar-refractivity contribution in [1.82, 2.24) is 0 Å². The molecule has 1 aliphatic heterocycles. The lowest BCUT2D eigenvalue weighted by Crippen LogP contribution is -2.48. The molecule has 128 valence electrons. The Morgan fingerprint density at radius 3 is 2.08 bits per heavy atom. The number of benzene rings is 1.